The van der Waals surface area contributed by atoms with Crippen LogP contribution in [0.2, 0.25) is 0 Å². The van der Waals surface area contributed by atoms with Crippen molar-refractivity contribution in [3.8, 4) is 0 Å². The van der Waals surface area contributed by atoms with E-state index in [1.54, 1.807) is 0 Å². The van der Waals surface area contributed by atoms with E-state index < -0.39 is 0 Å². The van der Waals surface area contributed by atoms with E-state index >= 15 is 0 Å². The molecule has 1 aromatic carbocycles. The molecule has 0 spiro atoms. The molecule has 0 aliphatic carbocycles. The van der Waals surface area contributed by atoms with Gasteiger partial charge in [-0.1, -0.05) is 43.7 Å². The maximum Gasteiger partial charge on any atom is 0 e. The summed E-state index contributed by atoms with van der Waals surface area (Å²) in [6.45, 7) is 6.54. The molecule has 0 radical (unpaired) electrons. The van der Waals surface area contributed by atoms with E-state index in [-0.39, 0.29) is 39.0 Å². The van der Waals surface area contributed by atoms with Crippen molar-refractivity contribution in [3.63, 3.8) is 0 Å². The molecule has 0 aliphatic heterocycles. The third-order valence-corrected chi connectivity index (χ3v) is 1.74. The number of aryl methyl sites for hydroxylation is 1. The fourth-order valence-electron chi connectivity index (χ4n) is 0.951. The molecule has 0 saturated carbocycles. The zero-order valence-electron chi connectivity index (χ0n) is 7.59. The first-order valence-electron chi connectivity index (χ1n) is 3.76. The summed E-state index contributed by atoms with van der Waals surface area (Å²) in [5.74, 6) is 0.653. The molecule has 0 unspecified atom stereocenters. The molecular weight excluding hydrogens is 322 g/mol. The van der Waals surface area contributed by atoms with Crippen LogP contribution in [0.15, 0.2) is 24.3 Å². The van der Waals surface area contributed by atoms with Crippen molar-refractivity contribution in [2.45, 2.75) is 26.7 Å². The SMILES string of the molecule is Cc1ccc(C(C)C)cc1.[Ru].[Ru]. The van der Waals surface area contributed by atoms with E-state index in [4.69, 9.17) is 0 Å². The molecule has 1 aromatic rings. The van der Waals surface area contributed by atoms with Gasteiger partial charge < -0.3 is 0 Å². The van der Waals surface area contributed by atoms with Crippen LogP contribution in [0.25, 0.3) is 0 Å². The fourth-order valence-corrected chi connectivity index (χ4v) is 0.951. The normalized spacial score (nSPS) is 8.67. The topological polar surface area (TPSA) is 0 Å². The second-order valence-corrected chi connectivity index (χ2v) is 3.07. The van der Waals surface area contributed by atoms with E-state index in [0.717, 1.165) is 0 Å². The van der Waals surface area contributed by atoms with Gasteiger partial charge in [0.05, 0.1) is 0 Å². The Morgan fingerprint density at radius 2 is 1.33 bits per heavy atom. The van der Waals surface area contributed by atoms with Crippen LogP contribution in [0.1, 0.15) is 30.9 Å². The third-order valence-electron chi connectivity index (χ3n) is 1.74. The average Bonchev–Trinajstić information content (AvgIpc) is 1.88. The molecule has 12 heavy (non-hydrogen) atoms. The minimum atomic E-state index is 0. The quantitative estimate of drug-likeness (QED) is 0.692. The van der Waals surface area contributed by atoms with E-state index in [1.165, 1.54) is 11.1 Å². The average molecular weight is 336 g/mol. The molecule has 70 valence electrons. The molecule has 1 rings (SSSR count). The third kappa shape index (κ3) is 4.48. The summed E-state index contributed by atoms with van der Waals surface area (Å²) in [7, 11) is 0. The van der Waals surface area contributed by atoms with Gasteiger partial charge in [-0.3, -0.25) is 0 Å². The zero-order chi connectivity index (χ0) is 7.56. The van der Waals surface area contributed by atoms with Gasteiger partial charge in [0, 0.05) is 39.0 Å². The van der Waals surface area contributed by atoms with E-state index in [1.807, 2.05) is 0 Å². The molecule has 0 nitrogen and oxygen atoms in total. The van der Waals surface area contributed by atoms with Gasteiger partial charge in [0.1, 0.15) is 0 Å². The largest absolute Gasteiger partial charge is 0.0590 e. The first kappa shape index (κ1) is 15.0. The molecule has 0 saturated heterocycles. The minimum Gasteiger partial charge on any atom is -0.0590 e. The molecule has 0 atom stereocenters. The Bertz CT molecular complexity index is 202. The molecule has 0 bridgehead atoms. The second-order valence-electron chi connectivity index (χ2n) is 3.07. The van der Waals surface area contributed by atoms with Crippen molar-refractivity contribution in [2.24, 2.45) is 0 Å². The van der Waals surface area contributed by atoms with Crippen LogP contribution < -0.4 is 0 Å². The summed E-state index contributed by atoms with van der Waals surface area (Å²) >= 11 is 0. The van der Waals surface area contributed by atoms with Gasteiger partial charge >= 0.3 is 0 Å². The van der Waals surface area contributed by atoms with Crippen LogP contribution in [-0.4, -0.2) is 0 Å². The zero-order valence-corrected chi connectivity index (χ0v) is 11.1. The first-order valence-corrected chi connectivity index (χ1v) is 3.76. The van der Waals surface area contributed by atoms with Gasteiger partial charge in [0.2, 0.25) is 0 Å². The fraction of sp³-hybridized carbons (Fsp3) is 0.400. The van der Waals surface area contributed by atoms with Crippen molar-refractivity contribution < 1.29 is 39.0 Å². The molecule has 0 aliphatic rings. The Kier molecular flexibility index (Phi) is 8.64. The molecule has 0 N–H and O–H groups in total. The monoisotopic (exact) mass is 338 g/mol. The predicted octanol–water partition coefficient (Wildman–Crippen LogP) is 3.11. The number of benzene rings is 1. The van der Waals surface area contributed by atoms with Crippen molar-refractivity contribution in [2.75, 3.05) is 0 Å². The van der Waals surface area contributed by atoms with Crippen molar-refractivity contribution in [3.05, 3.63) is 35.4 Å². The number of rotatable bonds is 1. The van der Waals surface area contributed by atoms with E-state index in [9.17, 15) is 0 Å². The Morgan fingerprint density at radius 3 is 1.67 bits per heavy atom. The summed E-state index contributed by atoms with van der Waals surface area (Å²) < 4.78 is 0. The predicted molar refractivity (Wildman–Crippen MR) is 45.3 cm³/mol. The summed E-state index contributed by atoms with van der Waals surface area (Å²) in [4.78, 5) is 0. The van der Waals surface area contributed by atoms with Crippen LogP contribution in [-0.2, 0) is 39.0 Å². The molecule has 0 aromatic heterocycles. The minimum absolute atomic E-state index is 0. The Labute approximate surface area is 101 Å². The Balaban J connectivity index is 0. The number of hydrogen-bond acceptors (Lipinski definition) is 0. The van der Waals surface area contributed by atoms with Crippen LogP contribution in [0.4, 0.5) is 0 Å². The van der Waals surface area contributed by atoms with Crippen LogP contribution in [0, 0.1) is 6.92 Å². The molecular formula is C10H14Ru2. The Morgan fingerprint density at radius 1 is 0.917 bits per heavy atom. The van der Waals surface area contributed by atoms with Crippen LogP contribution in [0.3, 0.4) is 0 Å². The van der Waals surface area contributed by atoms with Gasteiger partial charge in [0.25, 0.3) is 0 Å². The van der Waals surface area contributed by atoms with Gasteiger partial charge in [0.15, 0.2) is 0 Å². The second kappa shape index (κ2) is 6.93. The molecule has 0 fully saturated rings. The summed E-state index contributed by atoms with van der Waals surface area (Å²) in [6.07, 6.45) is 0. The van der Waals surface area contributed by atoms with E-state index in [2.05, 4.69) is 45.0 Å². The first-order chi connectivity index (χ1) is 4.70. The standard InChI is InChI=1S/C10H14.2Ru/c1-8(2)10-6-4-9(3)5-7-10;;/h4-8H,1-3H3;;. The van der Waals surface area contributed by atoms with Crippen molar-refractivity contribution in [1.29, 1.82) is 0 Å². The van der Waals surface area contributed by atoms with Gasteiger partial charge in [-0.2, -0.15) is 0 Å². The maximum atomic E-state index is 2.21. The number of hydrogen-bond donors (Lipinski definition) is 0. The smallest absolute Gasteiger partial charge is 0 e. The van der Waals surface area contributed by atoms with Crippen LogP contribution in [0.5, 0.6) is 0 Å². The van der Waals surface area contributed by atoms with Gasteiger partial charge in [-0.25, -0.2) is 0 Å². The molecule has 0 heterocycles. The van der Waals surface area contributed by atoms with Gasteiger partial charge in [-0.05, 0) is 18.4 Å². The van der Waals surface area contributed by atoms with Crippen LogP contribution >= 0.6 is 0 Å². The maximum absolute atomic E-state index is 2.21. The molecule has 0 amide bonds. The summed E-state index contributed by atoms with van der Waals surface area (Å²) in [6, 6.07) is 8.71. The van der Waals surface area contributed by atoms with Crippen molar-refractivity contribution in [1.82, 2.24) is 0 Å². The van der Waals surface area contributed by atoms with Crippen molar-refractivity contribution >= 4 is 0 Å². The van der Waals surface area contributed by atoms with E-state index in [0.29, 0.717) is 5.92 Å². The van der Waals surface area contributed by atoms with Gasteiger partial charge in [-0.15, -0.1) is 0 Å². The molecule has 2 heteroatoms. The summed E-state index contributed by atoms with van der Waals surface area (Å²) in [5.41, 5.74) is 2.76. The Hall–Kier alpha value is 0.467. The summed E-state index contributed by atoms with van der Waals surface area (Å²) in [5, 5.41) is 0.